The number of rotatable bonds is 6. The summed E-state index contributed by atoms with van der Waals surface area (Å²) in [6.07, 6.45) is 5.41. The van der Waals surface area contributed by atoms with Crippen molar-refractivity contribution in [2.75, 3.05) is 13.7 Å². The molecule has 0 saturated carbocycles. The Balaban J connectivity index is 1.80. The molecule has 1 atom stereocenters. The highest BCUT2D eigenvalue weighted by Crippen LogP contribution is 2.40. The van der Waals surface area contributed by atoms with Crippen molar-refractivity contribution in [1.29, 1.82) is 0 Å². The molecule has 5 nitrogen and oxygen atoms in total. The zero-order valence-corrected chi connectivity index (χ0v) is 17.2. The van der Waals surface area contributed by atoms with Gasteiger partial charge in [-0.25, -0.2) is 0 Å². The molecule has 2 aromatic carbocycles. The number of nitrogens with two attached hydrogens (primary N) is 1. The Morgan fingerprint density at radius 1 is 1.06 bits per heavy atom. The van der Waals surface area contributed by atoms with Crippen LogP contribution in [-0.4, -0.2) is 25.3 Å². The van der Waals surface area contributed by atoms with Gasteiger partial charge in [0.05, 0.1) is 24.5 Å². The van der Waals surface area contributed by atoms with Crippen LogP contribution in [0.1, 0.15) is 16.7 Å². The number of pyridine rings is 1. The minimum absolute atomic E-state index is 0.160. The molecular formula is C24H23F2N3O2. The van der Waals surface area contributed by atoms with E-state index in [0.717, 1.165) is 22.3 Å². The van der Waals surface area contributed by atoms with Gasteiger partial charge in [0.1, 0.15) is 11.5 Å². The number of nitrogens with one attached hydrogen (secondary N) is 1. The fraction of sp³-hybridized carbons (Fsp3) is 0.208. The smallest absolute Gasteiger partial charge is 0.387 e. The largest absolute Gasteiger partial charge is 0.495 e. The lowest BCUT2D eigenvalue weighted by Gasteiger charge is -2.29. The first kappa shape index (κ1) is 20.7. The Hall–Kier alpha value is -3.61. The van der Waals surface area contributed by atoms with Gasteiger partial charge in [0.2, 0.25) is 0 Å². The molecule has 1 aliphatic heterocycles. The molecule has 1 unspecified atom stereocenters. The standard InChI is InChI=1S/C24H23F2N3O2/c1-15-8-19(6-7-21(15)31-23(25)26)24(11-22(27)29-14-24)18-5-3-4-16(9-18)17-10-20(30-2)13-28-12-17/h3-13,23,29H,14,27H2,1-2H3. The van der Waals surface area contributed by atoms with Crippen LogP contribution in [-0.2, 0) is 5.41 Å². The second kappa shape index (κ2) is 8.26. The van der Waals surface area contributed by atoms with Crippen LogP contribution < -0.4 is 20.5 Å². The Morgan fingerprint density at radius 3 is 2.55 bits per heavy atom. The number of benzene rings is 2. The van der Waals surface area contributed by atoms with Crippen LogP contribution in [0.4, 0.5) is 8.78 Å². The molecule has 1 aliphatic rings. The van der Waals surface area contributed by atoms with Crippen LogP contribution in [0, 0.1) is 6.92 Å². The minimum atomic E-state index is -2.87. The van der Waals surface area contributed by atoms with Crippen LogP contribution in [0.25, 0.3) is 11.1 Å². The average molecular weight is 423 g/mol. The fourth-order valence-electron chi connectivity index (χ4n) is 3.97. The number of alkyl halides is 2. The lowest BCUT2D eigenvalue weighted by atomic mass is 9.74. The van der Waals surface area contributed by atoms with Crippen LogP contribution in [0.5, 0.6) is 11.5 Å². The molecule has 2 heterocycles. The molecule has 160 valence electrons. The highest BCUT2D eigenvalue weighted by Gasteiger charge is 2.37. The Kier molecular flexibility index (Phi) is 5.50. The molecule has 31 heavy (non-hydrogen) atoms. The maximum Gasteiger partial charge on any atom is 0.387 e. The fourth-order valence-corrected chi connectivity index (χ4v) is 3.97. The Morgan fingerprint density at radius 2 is 1.87 bits per heavy atom. The van der Waals surface area contributed by atoms with E-state index in [1.165, 1.54) is 0 Å². The third kappa shape index (κ3) is 4.03. The van der Waals surface area contributed by atoms with Gasteiger partial charge in [-0.3, -0.25) is 4.98 Å². The van der Waals surface area contributed by atoms with E-state index >= 15 is 0 Å². The molecule has 0 amide bonds. The molecule has 0 fully saturated rings. The molecule has 3 aromatic rings. The second-order valence-corrected chi connectivity index (χ2v) is 7.48. The summed E-state index contributed by atoms with van der Waals surface area (Å²) in [4.78, 5) is 4.25. The molecule has 0 spiro atoms. The van der Waals surface area contributed by atoms with E-state index in [0.29, 0.717) is 23.7 Å². The van der Waals surface area contributed by atoms with Gasteiger partial charge in [-0.15, -0.1) is 0 Å². The molecule has 0 bridgehead atoms. The normalized spacial score (nSPS) is 17.9. The molecule has 0 radical (unpaired) electrons. The number of aryl methyl sites for hydroxylation is 1. The topological polar surface area (TPSA) is 69.4 Å². The van der Waals surface area contributed by atoms with E-state index < -0.39 is 12.0 Å². The van der Waals surface area contributed by atoms with E-state index in [-0.39, 0.29) is 5.75 Å². The van der Waals surface area contributed by atoms with Crippen molar-refractivity contribution >= 4 is 0 Å². The number of halogens is 2. The summed E-state index contributed by atoms with van der Waals surface area (Å²) in [6.45, 7) is -0.564. The van der Waals surface area contributed by atoms with Gasteiger partial charge in [0.15, 0.2) is 0 Å². The maximum atomic E-state index is 12.7. The van der Waals surface area contributed by atoms with E-state index in [4.69, 9.17) is 10.5 Å². The molecule has 0 aliphatic carbocycles. The van der Waals surface area contributed by atoms with Crippen LogP contribution >= 0.6 is 0 Å². The number of methoxy groups -OCH3 is 1. The van der Waals surface area contributed by atoms with Gasteiger partial charge < -0.3 is 20.5 Å². The quantitative estimate of drug-likeness (QED) is 0.617. The van der Waals surface area contributed by atoms with Crippen molar-refractivity contribution in [3.05, 3.63) is 89.5 Å². The zero-order chi connectivity index (χ0) is 22.0. The summed E-state index contributed by atoms with van der Waals surface area (Å²) in [5.41, 5.74) is 10.0. The molecule has 4 rings (SSSR count). The van der Waals surface area contributed by atoms with Gasteiger partial charge in [-0.2, -0.15) is 8.78 Å². The number of aromatic nitrogens is 1. The van der Waals surface area contributed by atoms with E-state index in [9.17, 15) is 8.78 Å². The van der Waals surface area contributed by atoms with Crippen molar-refractivity contribution in [2.45, 2.75) is 19.0 Å². The summed E-state index contributed by atoms with van der Waals surface area (Å²) in [5, 5.41) is 3.21. The van der Waals surface area contributed by atoms with Crippen molar-refractivity contribution in [3.63, 3.8) is 0 Å². The predicted octanol–water partition coefficient (Wildman–Crippen LogP) is 4.36. The zero-order valence-electron chi connectivity index (χ0n) is 17.2. The third-order valence-electron chi connectivity index (χ3n) is 5.54. The van der Waals surface area contributed by atoms with Crippen molar-refractivity contribution in [3.8, 4) is 22.6 Å². The Bertz CT molecular complexity index is 1130. The first-order valence-electron chi connectivity index (χ1n) is 9.79. The van der Waals surface area contributed by atoms with E-state index in [1.54, 1.807) is 38.6 Å². The lowest BCUT2D eigenvalue weighted by Crippen LogP contribution is -2.31. The van der Waals surface area contributed by atoms with Crippen LogP contribution in [0.3, 0.4) is 0 Å². The predicted molar refractivity (Wildman–Crippen MR) is 115 cm³/mol. The van der Waals surface area contributed by atoms with Crippen molar-refractivity contribution in [2.24, 2.45) is 5.73 Å². The minimum Gasteiger partial charge on any atom is -0.495 e. The molecule has 0 saturated heterocycles. The number of hydrogen-bond acceptors (Lipinski definition) is 5. The van der Waals surface area contributed by atoms with Gasteiger partial charge in [0.25, 0.3) is 0 Å². The lowest BCUT2D eigenvalue weighted by molar-refractivity contribution is -0.0503. The third-order valence-corrected chi connectivity index (χ3v) is 5.54. The van der Waals surface area contributed by atoms with Gasteiger partial charge in [-0.05, 0) is 53.5 Å². The average Bonchev–Trinajstić information content (AvgIpc) is 3.18. The summed E-state index contributed by atoms with van der Waals surface area (Å²) in [6, 6.07) is 15.3. The van der Waals surface area contributed by atoms with Crippen LogP contribution in [0.15, 0.2) is 72.8 Å². The highest BCUT2D eigenvalue weighted by atomic mass is 19.3. The first-order valence-corrected chi connectivity index (χ1v) is 9.79. The van der Waals surface area contributed by atoms with E-state index in [1.807, 2.05) is 36.4 Å². The summed E-state index contributed by atoms with van der Waals surface area (Å²) in [7, 11) is 1.60. The van der Waals surface area contributed by atoms with Gasteiger partial charge in [-0.1, -0.05) is 30.3 Å². The van der Waals surface area contributed by atoms with Crippen LogP contribution in [0.2, 0.25) is 0 Å². The number of hydrogen-bond donors (Lipinski definition) is 2. The molecule has 7 heteroatoms. The molecule has 1 aromatic heterocycles. The maximum absolute atomic E-state index is 12.7. The summed E-state index contributed by atoms with van der Waals surface area (Å²) >= 11 is 0. The summed E-state index contributed by atoms with van der Waals surface area (Å²) < 4.78 is 35.3. The molecular weight excluding hydrogens is 400 g/mol. The summed E-state index contributed by atoms with van der Waals surface area (Å²) in [5.74, 6) is 1.40. The van der Waals surface area contributed by atoms with E-state index in [2.05, 4.69) is 21.1 Å². The monoisotopic (exact) mass is 423 g/mol. The number of ether oxygens (including phenoxy) is 2. The van der Waals surface area contributed by atoms with Crippen molar-refractivity contribution in [1.82, 2.24) is 10.3 Å². The highest BCUT2D eigenvalue weighted by molar-refractivity contribution is 5.66. The van der Waals surface area contributed by atoms with Crippen molar-refractivity contribution < 1.29 is 18.3 Å². The molecule has 3 N–H and O–H groups in total. The second-order valence-electron chi connectivity index (χ2n) is 7.48. The first-order chi connectivity index (χ1) is 14.9. The number of nitrogens with zero attached hydrogens (tertiary/aromatic N) is 1. The van der Waals surface area contributed by atoms with Gasteiger partial charge >= 0.3 is 6.61 Å². The van der Waals surface area contributed by atoms with Gasteiger partial charge in [0, 0.05) is 18.3 Å². The SMILES string of the molecule is COc1cncc(-c2cccc(C3(c4ccc(OC(F)F)c(C)c4)C=C(N)NC3)c2)c1. The Labute approximate surface area is 179 Å².